The standard InChI is InChI=1S/C17H28N5O3P.C16H26N5O3P.3C15H24N5O3P/c1-5-7-18-15-12-16(20-9-19-15)22(10-21-12)17-14(24)13(23)11(25-17)6-8-26(2,3)4;1-5-17-14-11-15(19-8-18-14)21(9-20-11)16-13(23)12(22)10(24-16)6-7-25(2,3)4;1-16-13-10-14(18-7-17-13)20(8-19-10)15-12(22)11(21)9(23-15)5-6-24(2,3)4;1-8-18-13(16)10-14(19-8)20(7-17-10)15-12(22)11(21)9(23-15)5-6-24(2,3)4;1-24(2,3)7-5-9-11(21)12(22)14(23-9)20-13-10(19-15(20)17)8(16)4-6-18-13/h9-11,13-14,17,23-24H,2,5-8H2,1,3-4H3,(H,18,19,20);8-10,12-13,16,22-23H,2,5-7H2,1,3-4H3,(H,17,18,19);7-9,11-12,15,21-22H,2,5-6H2,1,3-4H3,(H,16,17,18);7,9,11-12,15,21-22H,2,5-6H2,1,3-4H3,(H2,16,18,19);4,6,9,11-12,14,21-22H,1,5,7H2,2-3H3,(H2,16,18)(H2,17,19)/t11-,13-,14-,17-;10-,12-,13-,16-;2*9-,11-,12-,15-;9-,11-,12-,14-/m11111/s1. The lowest BCUT2D eigenvalue weighted by molar-refractivity contribution is -0.0353. The van der Waals surface area contributed by atoms with Crippen LogP contribution < -0.4 is 33.2 Å². The number of rotatable bonds is 26. The average Bonchev–Trinajstić information content (AvgIpc) is 1.66. The van der Waals surface area contributed by atoms with Crippen molar-refractivity contribution in [2.24, 2.45) is 0 Å². The van der Waals surface area contributed by atoms with Crippen LogP contribution in [0, 0.1) is 6.92 Å². The quantitative estimate of drug-likeness (QED) is 0.0344. The molecule has 40 nitrogen and oxygen atoms in total. The number of aromatic nitrogens is 19. The number of nitrogens with zero attached hydrogens (tertiary/aromatic N) is 19. The van der Waals surface area contributed by atoms with Gasteiger partial charge < -0.3 is 108 Å². The number of hydrogen-bond acceptors (Lipinski definition) is 35. The molecule has 19 N–H and O–H groups in total. The molecule has 0 aromatic carbocycles. The van der Waals surface area contributed by atoms with Crippen molar-refractivity contribution in [1.82, 2.24) is 92.6 Å². The van der Waals surface area contributed by atoms with Crippen molar-refractivity contribution in [2.75, 3.05) is 151 Å². The maximum Gasteiger partial charge on any atom is 0.204 e. The topological polar surface area (TPSA) is 568 Å². The third kappa shape index (κ3) is 22.9. The zero-order valence-electron chi connectivity index (χ0n) is 72.4. The van der Waals surface area contributed by atoms with Crippen molar-refractivity contribution in [3.63, 3.8) is 0 Å². The third-order valence-electron chi connectivity index (χ3n) is 21.5. The molecule has 0 aliphatic carbocycles. The van der Waals surface area contributed by atoms with Crippen LogP contribution in [-0.4, -0.2) is 384 Å². The summed E-state index contributed by atoms with van der Waals surface area (Å²) >= 11 is 0. The molecule has 678 valence electrons. The second-order valence-corrected chi connectivity index (χ2v) is 56.8. The van der Waals surface area contributed by atoms with E-state index in [2.05, 4.69) is 191 Å². The Morgan fingerprint density at radius 1 is 0.382 bits per heavy atom. The molecule has 15 rings (SSSR count). The molecule has 10 aromatic heterocycles. The SMILES string of the molecule is C=P(C)(C)CC[C@H]1O[C@@H](n2c(N)nc3c(N)ccnc32)[C@H](O)[C@@H]1O.C=P(C)(C)CC[C@H]1O[C@@H](n2cnc3c(N)nc(C)nc32)[C@H](O)[C@@H]1O.C=P(C)(C)CC[C@H]1O[C@@H](n2cnc3c(NC)ncnc32)[C@H](O)[C@@H]1O.C=P(C)(C)CC[C@H]1O[C@@H](n2cnc3c(NCC)ncnc32)[C@H](O)[C@@H]1O.C=P(C)(C)CC[C@H]1O[C@@H](n2cnc3c(NCCC)ncnc32)[C@H](O)[C@@H]1O. The van der Waals surface area contributed by atoms with Crippen LogP contribution >= 0.6 is 34.4 Å². The summed E-state index contributed by atoms with van der Waals surface area (Å²) in [6, 6.07) is 1.63. The monoisotopic (exact) mass is 1810 g/mol. The van der Waals surface area contributed by atoms with Crippen molar-refractivity contribution in [1.29, 1.82) is 0 Å². The van der Waals surface area contributed by atoms with Gasteiger partial charge in [0.1, 0.15) is 102 Å². The minimum absolute atomic E-state index is 0.136. The average molecular weight is 1810 g/mol. The van der Waals surface area contributed by atoms with Crippen molar-refractivity contribution >= 4 is 157 Å². The number of aliphatic hydroxyl groups excluding tert-OH is 10. The van der Waals surface area contributed by atoms with Crippen molar-refractivity contribution in [3.8, 4) is 0 Å². The summed E-state index contributed by atoms with van der Waals surface area (Å²) in [6.45, 7) is 22.5. The molecule has 0 saturated carbocycles. The second-order valence-electron chi connectivity index (χ2n) is 35.2. The fourth-order valence-electron chi connectivity index (χ4n) is 14.8. The third-order valence-corrected chi connectivity index (χ3v) is 28.9. The summed E-state index contributed by atoms with van der Waals surface area (Å²) < 4.78 is 37.8. The van der Waals surface area contributed by atoms with Gasteiger partial charge in [0.2, 0.25) is 5.95 Å². The van der Waals surface area contributed by atoms with Crippen LogP contribution in [0.2, 0.25) is 0 Å². The van der Waals surface area contributed by atoms with Crippen molar-refractivity contribution < 1.29 is 74.7 Å². The number of hydrogen-bond donors (Lipinski definition) is 16. The minimum Gasteiger partial charge on any atom is -0.397 e. The van der Waals surface area contributed by atoms with Gasteiger partial charge in [0.15, 0.2) is 93.7 Å². The molecule has 0 radical (unpaired) electrons. The van der Waals surface area contributed by atoms with E-state index in [1.54, 1.807) is 63.5 Å². The number of imidazole rings is 5. The van der Waals surface area contributed by atoms with E-state index < -0.39 is 157 Å². The first-order valence-electron chi connectivity index (χ1n) is 40.8. The number of nitrogen functional groups attached to an aromatic ring is 3. The smallest absolute Gasteiger partial charge is 0.204 e. The number of nitrogens with two attached hydrogens (primary N) is 3. The maximum absolute atomic E-state index is 10.5. The van der Waals surface area contributed by atoms with E-state index in [0.717, 1.165) is 43.8 Å². The zero-order chi connectivity index (χ0) is 89.9. The van der Waals surface area contributed by atoms with E-state index in [0.29, 0.717) is 123 Å². The summed E-state index contributed by atoms with van der Waals surface area (Å²) in [7, 11) is 1.76. The maximum atomic E-state index is 10.5. The van der Waals surface area contributed by atoms with Crippen LogP contribution in [0.5, 0.6) is 0 Å². The Hall–Kier alpha value is -7.48. The first kappa shape index (κ1) is 96.2. The molecule has 0 bridgehead atoms. The van der Waals surface area contributed by atoms with Crippen molar-refractivity contribution in [3.05, 3.63) is 62.4 Å². The van der Waals surface area contributed by atoms with Gasteiger partial charge in [-0.15, -0.1) is 65.9 Å². The first-order chi connectivity index (χ1) is 57.8. The van der Waals surface area contributed by atoms with Crippen molar-refractivity contribution in [2.45, 2.75) is 182 Å². The van der Waals surface area contributed by atoms with E-state index in [-0.39, 0.29) is 11.8 Å². The highest BCUT2D eigenvalue weighted by molar-refractivity contribution is 7.73. The van der Waals surface area contributed by atoms with Gasteiger partial charge >= 0.3 is 0 Å². The highest BCUT2D eigenvalue weighted by atomic mass is 31.2. The lowest BCUT2D eigenvalue weighted by Crippen LogP contribution is -2.32. The predicted molar refractivity (Wildman–Crippen MR) is 496 cm³/mol. The summed E-state index contributed by atoms with van der Waals surface area (Å²) in [5.41, 5.74) is 23.5. The molecule has 0 unspecified atom stereocenters. The fourth-order valence-corrected chi connectivity index (χ4v) is 19.6. The van der Waals surface area contributed by atoms with Crippen LogP contribution in [-0.2, 0) is 23.7 Å². The Morgan fingerprint density at radius 2 is 0.707 bits per heavy atom. The summed E-state index contributed by atoms with van der Waals surface area (Å²) in [6.07, 6.45) is 25.6. The number of anilines is 6. The molecule has 123 heavy (non-hydrogen) atoms. The van der Waals surface area contributed by atoms with Gasteiger partial charge in [0.05, 0.1) is 61.5 Å². The summed E-state index contributed by atoms with van der Waals surface area (Å²) in [5, 5.41) is 113. The Bertz CT molecular complexity index is 5510. The Balaban J connectivity index is 0.000000150. The van der Waals surface area contributed by atoms with Crippen LogP contribution in [0.4, 0.5) is 34.9 Å². The van der Waals surface area contributed by atoms with Gasteiger partial charge in [-0.1, -0.05) is 6.92 Å². The van der Waals surface area contributed by atoms with Gasteiger partial charge in [-0.2, -0.15) is 0 Å². The largest absolute Gasteiger partial charge is 0.397 e. The summed E-state index contributed by atoms with van der Waals surface area (Å²) in [5.74, 6) is 2.83. The lowest BCUT2D eigenvalue weighted by Gasteiger charge is -2.19. The highest BCUT2D eigenvalue weighted by Gasteiger charge is 2.49. The van der Waals surface area contributed by atoms with Gasteiger partial charge in [-0.25, -0.2) is 69.8 Å². The second kappa shape index (κ2) is 39.8. The fraction of sp³-hybridized carbons (Fsp3) is 0.603. The number of ether oxygens (including phenoxy) is 5. The van der Waals surface area contributed by atoms with E-state index >= 15 is 0 Å². The van der Waals surface area contributed by atoms with Gasteiger partial charge in [-0.3, -0.25) is 22.8 Å². The van der Waals surface area contributed by atoms with E-state index in [4.69, 9.17) is 40.9 Å². The molecule has 10 aromatic rings. The molecule has 0 amide bonds. The number of pyridine rings is 1. The first-order valence-corrected chi connectivity index (χ1v) is 56.0. The Labute approximate surface area is 715 Å². The Kier molecular flexibility index (Phi) is 31.1. The molecular weight excluding hydrogens is 1680 g/mol. The molecule has 0 spiro atoms. The number of aryl methyl sites for hydroxylation is 1. The molecule has 5 fully saturated rings. The van der Waals surface area contributed by atoms with Crippen LogP contribution in [0.15, 0.2) is 56.6 Å². The highest BCUT2D eigenvalue weighted by Crippen LogP contribution is 2.46. The van der Waals surface area contributed by atoms with E-state index in [9.17, 15) is 51.1 Å². The number of nitrogens with one attached hydrogen (secondary N) is 3. The van der Waals surface area contributed by atoms with Crippen LogP contribution in [0.1, 0.15) is 89.3 Å². The van der Waals surface area contributed by atoms with Gasteiger partial charge in [0.25, 0.3) is 0 Å². The van der Waals surface area contributed by atoms with E-state index in [1.807, 2.05) is 6.92 Å². The Morgan fingerprint density at radius 3 is 1.06 bits per heavy atom. The molecule has 45 heteroatoms. The van der Waals surface area contributed by atoms with E-state index in [1.165, 1.54) is 29.9 Å². The minimum atomic E-state index is -1.24. The molecule has 15 heterocycles. The molecule has 5 aliphatic rings. The van der Waals surface area contributed by atoms with Gasteiger partial charge in [-0.05, 0) is 156 Å². The zero-order valence-corrected chi connectivity index (χ0v) is 76.9. The van der Waals surface area contributed by atoms with Gasteiger partial charge in [0, 0.05) is 26.3 Å². The molecule has 5 saturated heterocycles. The molecule has 5 aliphatic heterocycles. The summed E-state index contributed by atoms with van der Waals surface area (Å²) in [4.78, 5) is 59.5. The molecular formula is C78H126N25O15P5. The lowest BCUT2D eigenvalue weighted by atomic mass is 10.1. The molecule has 20 atom stereocenters. The normalized spacial score (nSPS) is 27.4. The van der Waals surface area contributed by atoms with Crippen LogP contribution in [0.3, 0.4) is 0 Å². The predicted octanol–water partition coefficient (Wildman–Crippen LogP) is 3.68. The number of fused-ring (bicyclic) bond motifs is 5. The van der Waals surface area contributed by atoms with Crippen LogP contribution in [0.25, 0.3) is 55.8 Å². The number of aliphatic hydroxyl groups is 10.